The molecule has 0 amide bonds. The molecular weight excluding hydrogens is 262 g/mol. The molecule has 0 aliphatic rings. The van der Waals surface area contributed by atoms with E-state index in [4.69, 9.17) is 11.6 Å². The van der Waals surface area contributed by atoms with E-state index in [2.05, 4.69) is 56.4 Å². The van der Waals surface area contributed by atoms with Gasteiger partial charge in [0.2, 0.25) is 0 Å². The van der Waals surface area contributed by atoms with Crippen molar-refractivity contribution in [2.24, 2.45) is 0 Å². The molecule has 1 N–H and O–H groups in total. The second-order valence-electron chi connectivity index (χ2n) is 4.75. The maximum Gasteiger partial charge on any atom is 0.0457 e. The zero-order valence-corrected chi connectivity index (χ0v) is 12.5. The predicted octanol–water partition coefficient (Wildman–Crippen LogP) is 4.87. The van der Waals surface area contributed by atoms with Crippen molar-refractivity contribution in [2.75, 3.05) is 0 Å². The second-order valence-corrected chi connectivity index (χ2v) is 6.45. The topological polar surface area (TPSA) is 12.0 Å². The van der Waals surface area contributed by atoms with E-state index < -0.39 is 0 Å². The normalized spacial score (nSPS) is 11.2. The first-order chi connectivity index (χ1) is 8.56. The maximum absolute atomic E-state index is 6.33. The summed E-state index contributed by atoms with van der Waals surface area (Å²) < 4.78 is 0. The lowest BCUT2D eigenvalue weighted by atomic mass is 10.1. The lowest BCUT2D eigenvalue weighted by Gasteiger charge is -2.10. The molecule has 0 atom stereocenters. The molecule has 0 radical (unpaired) electrons. The molecule has 2 rings (SSSR count). The Morgan fingerprint density at radius 1 is 1.22 bits per heavy atom. The lowest BCUT2D eigenvalue weighted by Crippen LogP contribution is -2.21. The highest BCUT2D eigenvalue weighted by Gasteiger charge is 2.05. The highest BCUT2D eigenvalue weighted by molar-refractivity contribution is 7.15. The molecule has 1 heterocycles. The SMILES string of the molecule is Cc1ccc(-c2ccc(CNC(C)C)c(Cl)c2)s1. The molecule has 0 aliphatic heterocycles. The molecule has 3 heteroatoms. The van der Waals surface area contributed by atoms with Crippen molar-refractivity contribution in [1.29, 1.82) is 0 Å². The average molecular weight is 280 g/mol. The zero-order chi connectivity index (χ0) is 13.1. The van der Waals surface area contributed by atoms with Crippen LogP contribution in [0.1, 0.15) is 24.3 Å². The summed E-state index contributed by atoms with van der Waals surface area (Å²) in [5.41, 5.74) is 2.36. The van der Waals surface area contributed by atoms with Crippen LogP contribution in [-0.2, 0) is 6.54 Å². The number of aryl methyl sites for hydroxylation is 1. The van der Waals surface area contributed by atoms with Gasteiger partial charge in [0.05, 0.1) is 0 Å². The number of hydrogen-bond donors (Lipinski definition) is 1. The average Bonchev–Trinajstić information content (AvgIpc) is 2.74. The largest absolute Gasteiger partial charge is 0.310 e. The third-order valence-corrected chi connectivity index (χ3v) is 4.18. The van der Waals surface area contributed by atoms with Crippen molar-refractivity contribution in [1.82, 2.24) is 5.32 Å². The van der Waals surface area contributed by atoms with Crippen LogP contribution in [0, 0.1) is 6.92 Å². The zero-order valence-electron chi connectivity index (χ0n) is 11.0. The van der Waals surface area contributed by atoms with Gasteiger partial charge in [0.1, 0.15) is 0 Å². The van der Waals surface area contributed by atoms with Crippen LogP contribution in [0.4, 0.5) is 0 Å². The smallest absolute Gasteiger partial charge is 0.0457 e. The van der Waals surface area contributed by atoms with E-state index in [1.807, 2.05) is 0 Å². The Hall–Kier alpha value is -0.830. The number of rotatable bonds is 4. The van der Waals surface area contributed by atoms with Gasteiger partial charge < -0.3 is 5.32 Å². The van der Waals surface area contributed by atoms with Crippen LogP contribution in [0.2, 0.25) is 5.02 Å². The first-order valence-electron chi connectivity index (χ1n) is 6.15. The van der Waals surface area contributed by atoms with Gasteiger partial charge in [0, 0.05) is 27.4 Å². The Balaban J connectivity index is 2.19. The van der Waals surface area contributed by atoms with E-state index in [1.54, 1.807) is 11.3 Å². The van der Waals surface area contributed by atoms with E-state index in [1.165, 1.54) is 15.3 Å². The molecule has 0 saturated carbocycles. The Kier molecular flexibility index (Phi) is 4.44. The van der Waals surface area contributed by atoms with Crippen LogP contribution in [-0.4, -0.2) is 6.04 Å². The lowest BCUT2D eigenvalue weighted by molar-refractivity contribution is 0.589. The monoisotopic (exact) mass is 279 g/mol. The number of nitrogens with one attached hydrogen (secondary N) is 1. The fourth-order valence-corrected chi connectivity index (χ4v) is 2.86. The van der Waals surface area contributed by atoms with Crippen molar-refractivity contribution in [3.8, 4) is 10.4 Å². The Morgan fingerprint density at radius 3 is 2.56 bits per heavy atom. The fourth-order valence-electron chi connectivity index (χ4n) is 1.75. The molecule has 1 nitrogen and oxygen atoms in total. The first kappa shape index (κ1) is 13.6. The van der Waals surface area contributed by atoms with Gasteiger partial charge in [0.25, 0.3) is 0 Å². The van der Waals surface area contributed by atoms with Crippen molar-refractivity contribution >= 4 is 22.9 Å². The van der Waals surface area contributed by atoms with E-state index in [-0.39, 0.29) is 0 Å². The molecule has 0 aliphatic carbocycles. The van der Waals surface area contributed by atoms with Gasteiger partial charge in [-0.2, -0.15) is 0 Å². The van der Waals surface area contributed by atoms with Crippen LogP contribution in [0.5, 0.6) is 0 Å². The molecule has 0 saturated heterocycles. The molecule has 0 fully saturated rings. The van der Waals surface area contributed by atoms with Crippen LogP contribution in [0.3, 0.4) is 0 Å². The van der Waals surface area contributed by atoms with Crippen molar-refractivity contribution in [2.45, 2.75) is 33.4 Å². The van der Waals surface area contributed by atoms with Crippen molar-refractivity contribution < 1.29 is 0 Å². The second kappa shape index (κ2) is 5.87. The van der Waals surface area contributed by atoms with Crippen molar-refractivity contribution in [3.63, 3.8) is 0 Å². The van der Waals surface area contributed by atoms with Crippen LogP contribution in [0.25, 0.3) is 10.4 Å². The minimum absolute atomic E-state index is 0.473. The quantitative estimate of drug-likeness (QED) is 0.841. The Morgan fingerprint density at radius 2 is 2.00 bits per heavy atom. The molecule has 0 unspecified atom stereocenters. The number of hydrogen-bond acceptors (Lipinski definition) is 2. The first-order valence-corrected chi connectivity index (χ1v) is 7.34. The molecule has 1 aromatic heterocycles. The predicted molar refractivity (Wildman–Crippen MR) is 81.5 cm³/mol. The molecule has 2 aromatic rings. The van der Waals surface area contributed by atoms with Crippen LogP contribution < -0.4 is 5.32 Å². The maximum atomic E-state index is 6.33. The van der Waals surface area contributed by atoms with Gasteiger partial charge in [-0.15, -0.1) is 11.3 Å². The van der Waals surface area contributed by atoms with Gasteiger partial charge >= 0.3 is 0 Å². The molecule has 96 valence electrons. The summed E-state index contributed by atoms with van der Waals surface area (Å²) in [6.45, 7) is 7.21. The highest BCUT2D eigenvalue weighted by atomic mass is 35.5. The Bertz CT molecular complexity index is 531. The third kappa shape index (κ3) is 3.35. The van der Waals surface area contributed by atoms with Crippen LogP contribution >= 0.6 is 22.9 Å². The standard InChI is InChI=1S/C15H18ClNS/c1-10(2)17-9-13-6-5-12(8-14(13)16)15-7-4-11(3)18-15/h4-8,10,17H,9H2,1-3H3. The summed E-state index contributed by atoms with van der Waals surface area (Å²) in [7, 11) is 0. The van der Waals surface area contributed by atoms with E-state index >= 15 is 0 Å². The number of benzene rings is 1. The minimum atomic E-state index is 0.473. The summed E-state index contributed by atoms with van der Waals surface area (Å²) in [5.74, 6) is 0. The Labute approximate surface area is 118 Å². The van der Waals surface area contributed by atoms with E-state index in [0.29, 0.717) is 6.04 Å². The van der Waals surface area contributed by atoms with Crippen LogP contribution in [0.15, 0.2) is 30.3 Å². The number of thiophene rings is 1. The van der Waals surface area contributed by atoms with Gasteiger partial charge in [0.15, 0.2) is 0 Å². The number of halogens is 1. The molecule has 18 heavy (non-hydrogen) atoms. The third-order valence-electron chi connectivity index (χ3n) is 2.78. The fraction of sp³-hybridized carbons (Fsp3) is 0.333. The van der Waals surface area contributed by atoms with Gasteiger partial charge in [-0.05, 0) is 36.2 Å². The summed E-state index contributed by atoms with van der Waals surface area (Å²) in [4.78, 5) is 2.60. The van der Waals surface area contributed by atoms with Gasteiger partial charge in [-0.25, -0.2) is 0 Å². The molecule has 0 spiro atoms. The summed E-state index contributed by atoms with van der Waals surface area (Å²) >= 11 is 8.13. The summed E-state index contributed by atoms with van der Waals surface area (Å²) in [5, 5.41) is 4.22. The molecule has 0 bridgehead atoms. The van der Waals surface area contributed by atoms with Crippen molar-refractivity contribution in [3.05, 3.63) is 45.8 Å². The summed E-state index contributed by atoms with van der Waals surface area (Å²) in [6, 6.07) is 11.1. The minimum Gasteiger partial charge on any atom is -0.310 e. The molecular formula is C15H18ClNS. The van der Waals surface area contributed by atoms with E-state index in [0.717, 1.165) is 17.1 Å². The summed E-state index contributed by atoms with van der Waals surface area (Å²) in [6.07, 6.45) is 0. The molecule has 1 aromatic carbocycles. The highest BCUT2D eigenvalue weighted by Crippen LogP contribution is 2.30. The van der Waals surface area contributed by atoms with Gasteiger partial charge in [-0.3, -0.25) is 0 Å². The van der Waals surface area contributed by atoms with E-state index in [9.17, 15) is 0 Å². The van der Waals surface area contributed by atoms with Gasteiger partial charge in [-0.1, -0.05) is 37.6 Å².